The lowest BCUT2D eigenvalue weighted by atomic mass is 10.1. The molecule has 0 bridgehead atoms. The molecule has 41 heavy (non-hydrogen) atoms. The highest BCUT2D eigenvalue weighted by Gasteiger charge is 2.47. The van der Waals surface area contributed by atoms with E-state index in [4.69, 9.17) is 20.3 Å². The summed E-state index contributed by atoms with van der Waals surface area (Å²) in [5, 5.41) is 28.9. The summed E-state index contributed by atoms with van der Waals surface area (Å²) in [6.07, 6.45) is -3.97. The number of hydrogen-bond donors (Lipinski definition) is 7. The van der Waals surface area contributed by atoms with Gasteiger partial charge in [0.15, 0.2) is 6.23 Å². The average molecular weight is 640 g/mol. The van der Waals surface area contributed by atoms with Crippen LogP contribution in [-0.2, 0) is 38.0 Å². The van der Waals surface area contributed by atoms with E-state index in [9.17, 15) is 38.5 Å². The number of phosphoric acid groups is 3. The van der Waals surface area contributed by atoms with Gasteiger partial charge >= 0.3 is 29.2 Å². The van der Waals surface area contributed by atoms with Crippen molar-refractivity contribution in [2.75, 3.05) is 12.3 Å². The van der Waals surface area contributed by atoms with Crippen molar-refractivity contribution >= 4 is 29.3 Å². The van der Waals surface area contributed by atoms with Crippen LogP contribution in [0.4, 0.5) is 5.82 Å². The van der Waals surface area contributed by atoms with E-state index in [0.29, 0.717) is 5.69 Å². The van der Waals surface area contributed by atoms with E-state index in [-0.39, 0.29) is 17.8 Å². The molecule has 0 amide bonds. The molecule has 0 aliphatic carbocycles. The maximum atomic E-state index is 12.6. The van der Waals surface area contributed by atoms with Crippen LogP contribution in [0.3, 0.4) is 0 Å². The molecule has 1 aromatic carbocycles. The highest BCUT2D eigenvalue weighted by atomic mass is 31.3. The average Bonchev–Trinajstić information content (AvgIpc) is 3.43. The first-order valence-corrected chi connectivity index (χ1v) is 15.7. The Morgan fingerprint density at radius 3 is 2.32 bits per heavy atom. The molecule has 2 aromatic heterocycles. The Morgan fingerprint density at radius 2 is 1.66 bits per heavy atom. The Kier molecular flexibility index (Phi) is 9.08. The fourth-order valence-corrected chi connectivity index (χ4v) is 6.72. The maximum absolute atomic E-state index is 12.6. The molecular weight excluding hydrogens is 617 g/mol. The number of aromatic nitrogens is 5. The van der Waals surface area contributed by atoms with Crippen LogP contribution in [0, 0.1) is 0 Å². The molecule has 0 saturated carbocycles. The van der Waals surface area contributed by atoms with Gasteiger partial charge in [0, 0.05) is 18.2 Å². The zero-order chi connectivity index (χ0) is 30.2. The van der Waals surface area contributed by atoms with Crippen LogP contribution in [0.25, 0.3) is 5.69 Å². The summed E-state index contributed by atoms with van der Waals surface area (Å²) >= 11 is 0. The molecule has 0 spiro atoms. The summed E-state index contributed by atoms with van der Waals surface area (Å²) in [4.78, 5) is 52.3. The van der Waals surface area contributed by atoms with Crippen molar-refractivity contribution in [1.82, 2.24) is 24.5 Å². The van der Waals surface area contributed by atoms with Crippen molar-refractivity contribution in [3.63, 3.8) is 0 Å². The first-order chi connectivity index (χ1) is 19.0. The van der Waals surface area contributed by atoms with Gasteiger partial charge in [0.25, 0.3) is 0 Å². The Morgan fingerprint density at radius 1 is 0.976 bits per heavy atom. The van der Waals surface area contributed by atoms with Crippen molar-refractivity contribution in [2.24, 2.45) is 0 Å². The van der Waals surface area contributed by atoms with Gasteiger partial charge in [-0.25, -0.2) is 23.2 Å². The maximum Gasteiger partial charge on any atom is 0.490 e. The third-order valence-corrected chi connectivity index (χ3v) is 9.23. The van der Waals surface area contributed by atoms with Crippen LogP contribution in [0.2, 0.25) is 0 Å². The number of rotatable bonds is 11. The summed E-state index contributed by atoms with van der Waals surface area (Å²) in [6.45, 7) is -1.06. The number of hydrogen-bond acceptors (Lipinski definition) is 14. The Labute approximate surface area is 229 Å². The van der Waals surface area contributed by atoms with Gasteiger partial charge in [-0.15, -0.1) is 5.10 Å². The lowest BCUT2D eigenvalue weighted by molar-refractivity contribution is -0.0542. The Balaban J connectivity index is 1.47. The lowest BCUT2D eigenvalue weighted by Crippen LogP contribution is -2.36. The minimum atomic E-state index is -5.78. The van der Waals surface area contributed by atoms with Gasteiger partial charge in [0.2, 0.25) is 0 Å². The molecule has 23 heteroatoms. The molecule has 6 atom stereocenters. The van der Waals surface area contributed by atoms with Crippen molar-refractivity contribution in [3.05, 3.63) is 64.5 Å². The van der Waals surface area contributed by atoms with Crippen molar-refractivity contribution < 1.29 is 61.4 Å². The monoisotopic (exact) mass is 640 g/mol. The van der Waals surface area contributed by atoms with Gasteiger partial charge in [-0.2, -0.15) is 13.6 Å². The number of ether oxygens (including phenoxy) is 1. The number of anilines is 1. The number of nitrogens with zero attached hydrogens (tertiary/aromatic N) is 5. The fraction of sp³-hybridized carbons (Fsp3) is 0.333. The van der Waals surface area contributed by atoms with Crippen molar-refractivity contribution in [2.45, 2.75) is 31.0 Å². The molecule has 1 fully saturated rings. The molecule has 4 rings (SSSR count). The van der Waals surface area contributed by atoms with E-state index in [0.717, 1.165) is 10.3 Å². The van der Waals surface area contributed by atoms with Crippen LogP contribution >= 0.6 is 23.5 Å². The van der Waals surface area contributed by atoms with Crippen LogP contribution in [0.1, 0.15) is 17.5 Å². The zero-order valence-electron chi connectivity index (χ0n) is 20.4. The fourth-order valence-electron chi connectivity index (χ4n) is 3.69. The summed E-state index contributed by atoms with van der Waals surface area (Å²) in [5.74, 6) is -0.155. The SMILES string of the molecule is Nc1nc(=O)n([C@@H]2O[C@H](COP(=O)(O)OP(=O)(O)OP(=O)(O)O)C(O)[C@@H]2O)cc1Cc1cn(-c2ccccc2)nn1. The number of para-hydroxylation sites is 1. The molecular formula is C18H23N6O14P3. The largest absolute Gasteiger partial charge is 0.490 e. The molecule has 20 nitrogen and oxygen atoms in total. The van der Waals surface area contributed by atoms with Gasteiger partial charge in [0.1, 0.15) is 24.1 Å². The third-order valence-electron chi connectivity index (χ3n) is 5.42. The number of nitrogens with two attached hydrogens (primary N) is 1. The number of phosphoric ester groups is 1. The summed E-state index contributed by atoms with van der Waals surface area (Å²) < 4.78 is 53.5. The second-order valence-corrected chi connectivity index (χ2v) is 12.9. The molecule has 224 valence electrons. The van der Waals surface area contributed by atoms with Crippen molar-refractivity contribution in [1.29, 1.82) is 0 Å². The number of benzene rings is 1. The standard InChI is InChI=1S/C18H23N6O14P3/c19-16-10(6-11-8-24(22-21-11)12-4-2-1-3-5-12)7-23(18(27)20-16)17-15(26)14(25)13(36-17)9-35-40(31,32)38-41(33,34)37-39(28,29)30/h1-5,7-8,13-15,17,25-26H,6,9H2,(H,31,32)(H,33,34)(H2,19,20,27)(H2,28,29,30)/t13-,14?,15+,17-/m1/s1. The molecule has 1 saturated heterocycles. The topological polar surface area (TPSA) is 301 Å². The Bertz CT molecular complexity index is 1600. The van der Waals surface area contributed by atoms with E-state index in [1.54, 1.807) is 18.3 Å². The molecule has 1 aliphatic rings. The second-order valence-electron chi connectivity index (χ2n) is 8.44. The number of aliphatic hydroxyl groups is 2. The Hall–Kier alpha value is -2.67. The molecule has 0 radical (unpaired) electrons. The summed E-state index contributed by atoms with van der Waals surface area (Å²) in [7, 11) is -16.9. The predicted molar refractivity (Wildman–Crippen MR) is 133 cm³/mol. The van der Waals surface area contributed by atoms with Crippen LogP contribution < -0.4 is 11.4 Å². The van der Waals surface area contributed by atoms with E-state index >= 15 is 0 Å². The molecule has 3 unspecified atom stereocenters. The van der Waals surface area contributed by atoms with E-state index in [1.807, 2.05) is 18.2 Å². The van der Waals surface area contributed by atoms with E-state index < -0.39 is 60.3 Å². The highest BCUT2D eigenvalue weighted by molar-refractivity contribution is 7.66. The lowest BCUT2D eigenvalue weighted by Gasteiger charge is -2.19. The van der Waals surface area contributed by atoms with Crippen LogP contribution in [0.5, 0.6) is 0 Å². The minimum absolute atomic E-state index is 0.0484. The molecule has 8 N–H and O–H groups in total. The van der Waals surface area contributed by atoms with Crippen molar-refractivity contribution in [3.8, 4) is 5.69 Å². The van der Waals surface area contributed by atoms with Gasteiger partial charge < -0.3 is 40.3 Å². The third kappa shape index (κ3) is 8.00. The predicted octanol–water partition coefficient (Wildman–Crippen LogP) is -1.04. The second kappa shape index (κ2) is 11.9. The minimum Gasteiger partial charge on any atom is -0.387 e. The quantitative estimate of drug-likeness (QED) is 0.123. The summed E-state index contributed by atoms with van der Waals surface area (Å²) in [5.41, 5.74) is 6.36. The number of aliphatic hydroxyl groups excluding tert-OH is 2. The first kappa shape index (κ1) is 31.3. The molecule has 3 heterocycles. The van der Waals surface area contributed by atoms with Crippen LogP contribution in [-0.4, -0.2) is 79.3 Å². The van der Waals surface area contributed by atoms with Gasteiger partial charge in [0.05, 0.1) is 24.2 Å². The summed E-state index contributed by atoms with van der Waals surface area (Å²) in [6, 6.07) is 9.07. The van der Waals surface area contributed by atoms with E-state index in [1.165, 1.54) is 10.9 Å². The molecule has 3 aromatic rings. The van der Waals surface area contributed by atoms with Crippen LogP contribution in [0.15, 0.2) is 47.5 Å². The van der Waals surface area contributed by atoms with Gasteiger partial charge in [-0.05, 0) is 12.1 Å². The zero-order valence-corrected chi connectivity index (χ0v) is 23.1. The normalized spacial score (nSPS) is 24.1. The molecule has 1 aliphatic heterocycles. The first-order valence-electron chi connectivity index (χ1n) is 11.2. The number of nitrogen functional groups attached to an aromatic ring is 1. The highest BCUT2D eigenvalue weighted by Crippen LogP contribution is 2.66. The van der Waals surface area contributed by atoms with Gasteiger partial charge in [-0.3, -0.25) is 9.09 Å². The van der Waals surface area contributed by atoms with Gasteiger partial charge in [-0.1, -0.05) is 23.4 Å². The van der Waals surface area contributed by atoms with E-state index in [2.05, 4.69) is 28.4 Å². The smallest absolute Gasteiger partial charge is 0.387 e.